The number of aryl methyl sites for hydroxylation is 1. The Hall–Kier alpha value is -3.10. The van der Waals surface area contributed by atoms with Gasteiger partial charge in [0.05, 0.1) is 23.9 Å². The van der Waals surface area contributed by atoms with Gasteiger partial charge < -0.3 is 15.2 Å². The van der Waals surface area contributed by atoms with E-state index in [1.54, 1.807) is 36.6 Å². The van der Waals surface area contributed by atoms with E-state index in [9.17, 15) is 9.90 Å². The highest BCUT2D eigenvalue weighted by Crippen LogP contribution is 2.38. The SMILES string of the molecule is COc1ccc(-c2csc3ncnc(SCC(=O)Nc4cc(C)ccc4O)c23)cc1. The number of rotatable bonds is 6. The van der Waals surface area contributed by atoms with E-state index in [0.717, 1.165) is 37.7 Å². The predicted octanol–water partition coefficient (Wildman–Crippen LogP) is 5.11. The molecule has 0 saturated heterocycles. The molecule has 0 radical (unpaired) electrons. The Morgan fingerprint density at radius 3 is 2.77 bits per heavy atom. The second-order valence-electron chi connectivity index (χ2n) is 6.59. The summed E-state index contributed by atoms with van der Waals surface area (Å²) in [6, 6.07) is 12.9. The molecule has 2 aromatic carbocycles. The second-order valence-corrected chi connectivity index (χ2v) is 8.42. The zero-order valence-corrected chi connectivity index (χ0v) is 18.0. The number of amides is 1. The molecule has 8 heteroatoms. The molecule has 0 unspecified atom stereocenters. The van der Waals surface area contributed by atoms with E-state index in [2.05, 4.69) is 20.7 Å². The van der Waals surface area contributed by atoms with Crippen molar-refractivity contribution in [3.05, 3.63) is 59.7 Å². The van der Waals surface area contributed by atoms with E-state index >= 15 is 0 Å². The lowest BCUT2D eigenvalue weighted by molar-refractivity contribution is -0.113. The van der Waals surface area contributed by atoms with Crippen molar-refractivity contribution in [2.75, 3.05) is 18.2 Å². The number of aromatic nitrogens is 2. The van der Waals surface area contributed by atoms with Gasteiger partial charge in [0.25, 0.3) is 0 Å². The molecule has 0 aliphatic carbocycles. The van der Waals surface area contributed by atoms with Gasteiger partial charge in [0.15, 0.2) is 0 Å². The number of methoxy groups -OCH3 is 1. The van der Waals surface area contributed by atoms with Gasteiger partial charge in [-0.15, -0.1) is 11.3 Å². The maximum atomic E-state index is 12.5. The molecule has 0 atom stereocenters. The summed E-state index contributed by atoms with van der Waals surface area (Å²) in [5.74, 6) is 0.786. The fourth-order valence-corrected chi connectivity index (χ4v) is 4.80. The molecule has 4 rings (SSSR count). The van der Waals surface area contributed by atoms with Crippen LogP contribution in [-0.4, -0.2) is 33.8 Å². The number of phenolic OH excluding ortho intramolecular Hbond substituents is 1. The summed E-state index contributed by atoms with van der Waals surface area (Å²) in [6.45, 7) is 1.90. The van der Waals surface area contributed by atoms with Crippen molar-refractivity contribution in [3.8, 4) is 22.6 Å². The van der Waals surface area contributed by atoms with Crippen molar-refractivity contribution >= 4 is 44.9 Å². The number of carbonyl (C=O) groups is 1. The summed E-state index contributed by atoms with van der Waals surface area (Å²) in [7, 11) is 1.64. The average molecular weight is 438 g/mol. The van der Waals surface area contributed by atoms with E-state index in [4.69, 9.17) is 4.74 Å². The summed E-state index contributed by atoms with van der Waals surface area (Å²) in [6.07, 6.45) is 1.52. The fourth-order valence-electron chi connectivity index (χ4n) is 3.01. The number of hydrogen-bond acceptors (Lipinski definition) is 7. The van der Waals surface area contributed by atoms with Gasteiger partial charge in [-0.25, -0.2) is 9.97 Å². The first-order valence-electron chi connectivity index (χ1n) is 9.14. The number of ether oxygens (including phenoxy) is 1. The van der Waals surface area contributed by atoms with E-state index in [1.165, 1.54) is 18.1 Å². The first-order valence-corrected chi connectivity index (χ1v) is 11.0. The van der Waals surface area contributed by atoms with E-state index in [-0.39, 0.29) is 17.4 Å². The third-order valence-electron chi connectivity index (χ3n) is 4.50. The first kappa shape index (κ1) is 20.2. The molecule has 0 aliphatic rings. The molecule has 4 aromatic rings. The Bertz CT molecular complexity index is 1210. The molecule has 1 amide bonds. The minimum absolute atomic E-state index is 0.0444. The molecule has 152 valence electrons. The minimum atomic E-state index is -0.214. The molecule has 2 N–H and O–H groups in total. The fraction of sp³-hybridized carbons (Fsp3) is 0.136. The maximum absolute atomic E-state index is 12.5. The maximum Gasteiger partial charge on any atom is 0.234 e. The smallest absolute Gasteiger partial charge is 0.234 e. The van der Waals surface area contributed by atoms with E-state index in [1.807, 2.05) is 31.2 Å². The molecule has 0 aliphatic heterocycles. The second kappa shape index (κ2) is 8.73. The number of benzene rings is 2. The van der Waals surface area contributed by atoms with E-state index < -0.39 is 0 Å². The van der Waals surface area contributed by atoms with Crippen LogP contribution in [0.25, 0.3) is 21.3 Å². The number of thioether (sulfide) groups is 1. The summed E-state index contributed by atoms with van der Waals surface area (Å²) < 4.78 is 5.24. The molecule has 30 heavy (non-hydrogen) atoms. The van der Waals surface area contributed by atoms with Gasteiger partial charge in [-0.2, -0.15) is 0 Å². The van der Waals surface area contributed by atoms with E-state index in [0.29, 0.717) is 5.69 Å². The van der Waals surface area contributed by atoms with Crippen LogP contribution in [0, 0.1) is 6.92 Å². The molecule has 2 heterocycles. The van der Waals surface area contributed by atoms with Crippen LogP contribution in [-0.2, 0) is 4.79 Å². The number of hydrogen-bond donors (Lipinski definition) is 2. The number of phenols is 1. The van der Waals surface area contributed by atoms with Gasteiger partial charge in [-0.05, 0) is 42.3 Å². The minimum Gasteiger partial charge on any atom is -0.506 e. The predicted molar refractivity (Wildman–Crippen MR) is 122 cm³/mol. The number of nitrogens with one attached hydrogen (secondary N) is 1. The van der Waals surface area contributed by atoms with Crippen molar-refractivity contribution < 1.29 is 14.6 Å². The zero-order chi connectivity index (χ0) is 21.1. The lowest BCUT2D eigenvalue weighted by atomic mass is 10.1. The van der Waals surface area contributed by atoms with Crippen LogP contribution in [0.2, 0.25) is 0 Å². The average Bonchev–Trinajstić information content (AvgIpc) is 3.20. The highest BCUT2D eigenvalue weighted by molar-refractivity contribution is 8.00. The van der Waals surface area contributed by atoms with Crippen molar-refractivity contribution in [2.45, 2.75) is 11.9 Å². The number of nitrogens with zero attached hydrogens (tertiary/aromatic N) is 2. The van der Waals surface area contributed by atoms with Crippen LogP contribution in [0.3, 0.4) is 0 Å². The topological polar surface area (TPSA) is 84.3 Å². The quantitative estimate of drug-likeness (QED) is 0.248. The van der Waals surface area contributed by atoms with Crippen LogP contribution in [0.4, 0.5) is 5.69 Å². The molecule has 0 bridgehead atoms. The van der Waals surface area contributed by atoms with Crippen LogP contribution in [0.1, 0.15) is 5.56 Å². The van der Waals surface area contributed by atoms with Gasteiger partial charge in [0, 0.05) is 10.9 Å². The molecular formula is C22H19N3O3S2. The van der Waals surface area contributed by atoms with Gasteiger partial charge in [0.2, 0.25) is 5.91 Å². The third kappa shape index (κ3) is 4.24. The Morgan fingerprint density at radius 1 is 1.20 bits per heavy atom. The standard InChI is InChI=1S/C22H19N3O3S2/c1-13-3-8-18(26)17(9-13)25-19(27)11-30-22-20-16(10-29-21(20)23-12-24-22)14-4-6-15(28-2)7-5-14/h3-10,12,26H,11H2,1-2H3,(H,25,27). The molecule has 0 fully saturated rings. The van der Waals surface area contributed by atoms with Gasteiger partial charge in [-0.3, -0.25) is 4.79 Å². The number of aromatic hydroxyl groups is 1. The Kier molecular flexibility index (Phi) is 5.87. The lowest BCUT2D eigenvalue weighted by Crippen LogP contribution is -2.14. The summed E-state index contributed by atoms with van der Waals surface area (Å²) in [5.41, 5.74) is 3.42. The van der Waals surface area contributed by atoms with Crippen LogP contribution >= 0.6 is 23.1 Å². The molecule has 2 aromatic heterocycles. The van der Waals surface area contributed by atoms with Crippen molar-refractivity contribution in [2.24, 2.45) is 0 Å². The van der Waals surface area contributed by atoms with Crippen molar-refractivity contribution in [3.63, 3.8) is 0 Å². The van der Waals surface area contributed by atoms with Crippen molar-refractivity contribution in [1.82, 2.24) is 9.97 Å². The summed E-state index contributed by atoms with van der Waals surface area (Å²) >= 11 is 2.89. The Balaban J connectivity index is 1.56. The normalized spacial score (nSPS) is 10.9. The third-order valence-corrected chi connectivity index (χ3v) is 6.38. The van der Waals surface area contributed by atoms with Gasteiger partial charge >= 0.3 is 0 Å². The summed E-state index contributed by atoms with van der Waals surface area (Å²) in [4.78, 5) is 22.1. The Labute approximate surface area is 182 Å². The first-order chi connectivity index (χ1) is 14.5. The molecule has 0 spiro atoms. The van der Waals surface area contributed by atoms with Crippen LogP contribution in [0.5, 0.6) is 11.5 Å². The zero-order valence-electron chi connectivity index (χ0n) is 16.4. The number of fused-ring (bicyclic) bond motifs is 1. The summed E-state index contributed by atoms with van der Waals surface area (Å²) in [5, 5.41) is 16.4. The monoisotopic (exact) mass is 437 g/mol. The molecule has 6 nitrogen and oxygen atoms in total. The van der Waals surface area contributed by atoms with Crippen molar-refractivity contribution in [1.29, 1.82) is 0 Å². The number of carbonyl (C=O) groups excluding carboxylic acids is 1. The molecule has 0 saturated carbocycles. The van der Waals surface area contributed by atoms with Gasteiger partial charge in [-0.1, -0.05) is 30.0 Å². The number of thiophene rings is 1. The highest BCUT2D eigenvalue weighted by Gasteiger charge is 2.15. The van der Waals surface area contributed by atoms with Gasteiger partial charge in [0.1, 0.15) is 27.7 Å². The lowest BCUT2D eigenvalue weighted by Gasteiger charge is -2.09. The van der Waals surface area contributed by atoms with Crippen LogP contribution in [0.15, 0.2) is 59.2 Å². The highest BCUT2D eigenvalue weighted by atomic mass is 32.2. The van der Waals surface area contributed by atoms with Crippen LogP contribution < -0.4 is 10.1 Å². The largest absolute Gasteiger partial charge is 0.506 e. The molecular weight excluding hydrogens is 418 g/mol. The number of anilines is 1. The Morgan fingerprint density at radius 2 is 2.00 bits per heavy atom.